The van der Waals surface area contributed by atoms with E-state index >= 15 is 0 Å². The molecule has 0 aliphatic carbocycles. The molecule has 0 bridgehead atoms. The maximum absolute atomic E-state index is 11.5. The van der Waals surface area contributed by atoms with Crippen molar-refractivity contribution in [3.63, 3.8) is 0 Å². The molecular formula is C32H46N2O4. The topological polar surface area (TPSA) is 52.9 Å². The number of hydrogen-bond donors (Lipinski definition) is 0. The zero-order valence-corrected chi connectivity index (χ0v) is 23.8. The van der Waals surface area contributed by atoms with Crippen molar-refractivity contribution in [3.05, 3.63) is 53.7 Å². The Hall–Kier alpha value is -2.99. The van der Waals surface area contributed by atoms with Crippen LogP contribution in [0.3, 0.4) is 0 Å². The minimum absolute atomic E-state index is 0.739. The van der Waals surface area contributed by atoms with Crippen LogP contribution in [0.15, 0.2) is 42.6 Å². The van der Waals surface area contributed by atoms with E-state index in [1.807, 2.05) is 24.4 Å². The van der Waals surface area contributed by atoms with Crippen LogP contribution in [-0.4, -0.2) is 50.7 Å². The number of hydrogen-bond acceptors (Lipinski definition) is 5. The number of aromatic nitrogens is 1. The number of aldehydes is 1. The maximum atomic E-state index is 11.5. The first-order chi connectivity index (χ1) is 18.6. The Morgan fingerprint density at radius 2 is 1.42 bits per heavy atom. The third-order valence-corrected chi connectivity index (χ3v) is 7.34. The molecule has 0 N–H and O–H groups in total. The lowest BCUT2D eigenvalue weighted by molar-refractivity contribution is 0.112. The average Bonchev–Trinajstić information content (AvgIpc) is 3.30. The van der Waals surface area contributed by atoms with E-state index in [4.69, 9.17) is 14.2 Å². The van der Waals surface area contributed by atoms with E-state index < -0.39 is 0 Å². The summed E-state index contributed by atoms with van der Waals surface area (Å²) >= 11 is 0. The number of rotatable bonds is 19. The van der Waals surface area contributed by atoms with Crippen LogP contribution in [-0.2, 0) is 13.1 Å². The highest BCUT2D eigenvalue weighted by molar-refractivity contribution is 5.98. The molecule has 0 spiro atoms. The first kappa shape index (κ1) is 29.6. The predicted molar refractivity (Wildman–Crippen MR) is 156 cm³/mol. The molecule has 38 heavy (non-hydrogen) atoms. The molecule has 2 aromatic carbocycles. The molecule has 6 nitrogen and oxygen atoms in total. The first-order valence-corrected chi connectivity index (χ1v) is 14.1. The lowest BCUT2D eigenvalue weighted by atomic mass is 10.1. The van der Waals surface area contributed by atoms with Crippen LogP contribution >= 0.6 is 0 Å². The quantitative estimate of drug-likeness (QED) is 0.120. The Labute approximate surface area is 228 Å². The van der Waals surface area contributed by atoms with E-state index in [0.29, 0.717) is 0 Å². The van der Waals surface area contributed by atoms with Gasteiger partial charge in [0, 0.05) is 35.8 Å². The highest BCUT2D eigenvalue weighted by atomic mass is 16.5. The summed E-state index contributed by atoms with van der Waals surface area (Å²) in [5.74, 6) is 2.36. The summed E-state index contributed by atoms with van der Waals surface area (Å²) in [6.07, 6.45) is 15.8. The SMILES string of the molecule is COc1ccc2c(c1)c(C=O)cn2CCCCCCCCCCCCN(C)Cc1ccc(OC)c(OC)c1. The summed E-state index contributed by atoms with van der Waals surface area (Å²) in [5.41, 5.74) is 3.10. The van der Waals surface area contributed by atoms with Gasteiger partial charge >= 0.3 is 0 Å². The van der Waals surface area contributed by atoms with Crippen LogP contribution in [0, 0.1) is 0 Å². The largest absolute Gasteiger partial charge is 0.497 e. The van der Waals surface area contributed by atoms with E-state index in [2.05, 4.69) is 34.7 Å². The van der Waals surface area contributed by atoms with Gasteiger partial charge in [0.25, 0.3) is 0 Å². The van der Waals surface area contributed by atoms with E-state index in [-0.39, 0.29) is 0 Å². The number of methoxy groups -OCH3 is 3. The van der Waals surface area contributed by atoms with Crippen LogP contribution in [0.1, 0.15) is 80.1 Å². The number of benzene rings is 2. The van der Waals surface area contributed by atoms with Gasteiger partial charge in [-0.15, -0.1) is 0 Å². The van der Waals surface area contributed by atoms with Crippen molar-refractivity contribution in [3.8, 4) is 17.2 Å². The van der Waals surface area contributed by atoms with Crippen LogP contribution in [0.2, 0.25) is 0 Å². The number of ether oxygens (including phenoxy) is 3. The van der Waals surface area contributed by atoms with Crippen molar-refractivity contribution in [2.75, 3.05) is 34.9 Å². The minimum atomic E-state index is 0.739. The lowest BCUT2D eigenvalue weighted by Gasteiger charge is -2.17. The summed E-state index contributed by atoms with van der Waals surface area (Å²) in [6, 6.07) is 12.1. The molecule has 0 unspecified atom stereocenters. The van der Waals surface area contributed by atoms with E-state index in [9.17, 15) is 4.79 Å². The van der Waals surface area contributed by atoms with Crippen LogP contribution in [0.25, 0.3) is 10.9 Å². The molecule has 0 aliphatic heterocycles. The molecule has 0 amide bonds. The lowest BCUT2D eigenvalue weighted by Crippen LogP contribution is -2.19. The molecular weight excluding hydrogens is 476 g/mol. The molecule has 0 saturated carbocycles. The molecule has 0 aliphatic rings. The van der Waals surface area contributed by atoms with Gasteiger partial charge in [-0.25, -0.2) is 0 Å². The van der Waals surface area contributed by atoms with E-state index in [0.717, 1.165) is 66.1 Å². The summed E-state index contributed by atoms with van der Waals surface area (Å²) < 4.78 is 18.3. The van der Waals surface area contributed by atoms with Crippen molar-refractivity contribution >= 4 is 17.2 Å². The van der Waals surface area contributed by atoms with Gasteiger partial charge in [-0.05, 0) is 62.3 Å². The number of aryl methyl sites for hydroxylation is 1. The predicted octanol–water partition coefficient (Wildman–Crippen LogP) is 7.51. The Morgan fingerprint density at radius 1 is 0.763 bits per heavy atom. The van der Waals surface area contributed by atoms with E-state index in [1.54, 1.807) is 21.3 Å². The molecule has 3 aromatic rings. The molecule has 1 heterocycles. The monoisotopic (exact) mass is 522 g/mol. The second-order valence-electron chi connectivity index (χ2n) is 10.2. The Kier molecular flexibility index (Phi) is 12.5. The normalized spacial score (nSPS) is 11.3. The zero-order chi connectivity index (χ0) is 27.2. The number of nitrogens with zero attached hydrogens (tertiary/aromatic N) is 2. The molecule has 0 radical (unpaired) electrons. The molecule has 208 valence electrons. The molecule has 3 rings (SSSR count). The van der Waals surface area contributed by atoms with Crippen LogP contribution in [0.5, 0.6) is 17.2 Å². The molecule has 0 atom stereocenters. The van der Waals surface area contributed by atoms with Gasteiger partial charge < -0.3 is 23.7 Å². The van der Waals surface area contributed by atoms with Gasteiger partial charge in [-0.3, -0.25) is 4.79 Å². The van der Waals surface area contributed by atoms with Crippen molar-refractivity contribution in [1.82, 2.24) is 9.47 Å². The number of unbranched alkanes of at least 4 members (excludes halogenated alkanes) is 9. The summed E-state index contributed by atoms with van der Waals surface area (Å²) in [6.45, 7) is 3.00. The van der Waals surface area contributed by atoms with Crippen LogP contribution < -0.4 is 14.2 Å². The highest BCUT2D eigenvalue weighted by Gasteiger charge is 2.09. The highest BCUT2D eigenvalue weighted by Crippen LogP contribution is 2.28. The first-order valence-electron chi connectivity index (χ1n) is 14.1. The van der Waals surface area contributed by atoms with Crippen LogP contribution in [0.4, 0.5) is 0 Å². The number of carbonyl (C=O) groups excluding carboxylic acids is 1. The van der Waals surface area contributed by atoms with Crippen molar-refractivity contribution < 1.29 is 19.0 Å². The summed E-state index contributed by atoms with van der Waals surface area (Å²) in [5, 5.41) is 0.976. The number of carbonyl (C=O) groups is 1. The number of fused-ring (bicyclic) bond motifs is 1. The average molecular weight is 523 g/mol. The minimum Gasteiger partial charge on any atom is -0.497 e. The van der Waals surface area contributed by atoms with Gasteiger partial charge in [0.05, 0.1) is 21.3 Å². The van der Waals surface area contributed by atoms with Gasteiger partial charge in [0.1, 0.15) is 5.75 Å². The van der Waals surface area contributed by atoms with Crippen molar-refractivity contribution in [2.45, 2.75) is 77.3 Å². The van der Waals surface area contributed by atoms with E-state index in [1.165, 1.54) is 63.4 Å². The molecule has 0 saturated heterocycles. The fraction of sp³-hybridized carbons (Fsp3) is 0.531. The Balaban J connectivity index is 1.20. The second-order valence-corrected chi connectivity index (χ2v) is 10.2. The van der Waals surface area contributed by atoms with Gasteiger partial charge in [-0.1, -0.05) is 57.4 Å². The Morgan fingerprint density at radius 3 is 2.05 bits per heavy atom. The third-order valence-electron chi connectivity index (χ3n) is 7.34. The van der Waals surface area contributed by atoms with Gasteiger partial charge in [-0.2, -0.15) is 0 Å². The summed E-state index contributed by atoms with van der Waals surface area (Å²) in [7, 11) is 7.19. The molecule has 6 heteroatoms. The fourth-order valence-corrected chi connectivity index (χ4v) is 5.16. The summed E-state index contributed by atoms with van der Waals surface area (Å²) in [4.78, 5) is 13.8. The maximum Gasteiger partial charge on any atom is 0.161 e. The molecule has 0 fully saturated rings. The van der Waals surface area contributed by atoms with Gasteiger partial charge in [0.2, 0.25) is 0 Å². The zero-order valence-electron chi connectivity index (χ0n) is 23.8. The smallest absolute Gasteiger partial charge is 0.161 e. The third kappa shape index (κ3) is 8.80. The fourth-order valence-electron chi connectivity index (χ4n) is 5.16. The van der Waals surface area contributed by atoms with Crippen molar-refractivity contribution in [2.24, 2.45) is 0 Å². The molecule has 1 aromatic heterocycles. The van der Waals surface area contributed by atoms with Crippen molar-refractivity contribution in [1.29, 1.82) is 0 Å². The Bertz CT molecular complexity index is 1120. The second kappa shape index (κ2) is 16.1. The van der Waals surface area contributed by atoms with Gasteiger partial charge in [0.15, 0.2) is 17.8 Å². The standard InChI is InChI=1S/C32H46N2O4/c1-33(23-26-15-18-31(37-3)32(21-26)38-4)19-13-11-9-7-5-6-8-10-12-14-20-34-24-27(25-35)29-22-28(36-2)16-17-30(29)34/h15-18,21-22,24-25H,5-14,19-20,23H2,1-4H3.